The van der Waals surface area contributed by atoms with Crippen molar-refractivity contribution in [3.63, 3.8) is 0 Å². The Bertz CT molecular complexity index is 576. The van der Waals surface area contributed by atoms with Gasteiger partial charge in [0.2, 0.25) is 0 Å². The number of carbonyl (C=O) groups excluding carboxylic acids is 1. The van der Waals surface area contributed by atoms with Crippen molar-refractivity contribution in [2.45, 2.75) is 44.1 Å². The standard InChI is InChI=1S/C16H19ClN2O2/c1-2-21-15(20)14(19)8-11-6-12(9-13(17)7-11)16(10-18)4-3-5-16/h6-7,9,14H,2-5,8,19H2,1H3. The zero-order valence-corrected chi connectivity index (χ0v) is 12.8. The molecule has 1 atom stereocenters. The number of hydrogen-bond acceptors (Lipinski definition) is 4. The number of carbonyl (C=O) groups is 1. The fourth-order valence-electron chi connectivity index (χ4n) is 2.63. The molecule has 0 heterocycles. The van der Waals surface area contributed by atoms with Crippen LogP contribution >= 0.6 is 11.6 Å². The Kier molecular flexibility index (Phi) is 4.87. The second-order valence-corrected chi connectivity index (χ2v) is 5.89. The van der Waals surface area contributed by atoms with Gasteiger partial charge in [-0.25, -0.2) is 0 Å². The molecule has 1 aromatic carbocycles. The van der Waals surface area contributed by atoms with Crippen LogP contribution in [0.3, 0.4) is 0 Å². The van der Waals surface area contributed by atoms with E-state index in [2.05, 4.69) is 6.07 Å². The van der Waals surface area contributed by atoms with Gasteiger partial charge >= 0.3 is 5.97 Å². The molecule has 1 fully saturated rings. The maximum absolute atomic E-state index is 11.6. The van der Waals surface area contributed by atoms with E-state index < -0.39 is 17.4 Å². The summed E-state index contributed by atoms with van der Waals surface area (Å²) in [5, 5.41) is 9.99. The van der Waals surface area contributed by atoms with E-state index in [1.165, 1.54) is 0 Å². The third-order valence-electron chi connectivity index (χ3n) is 3.98. The molecule has 1 aliphatic carbocycles. The van der Waals surface area contributed by atoms with Crippen molar-refractivity contribution in [1.29, 1.82) is 5.26 Å². The summed E-state index contributed by atoms with van der Waals surface area (Å²) in [6.45, 7) is 2.06. The molecular weight excluding hydrogens is 288 g/mol. The lowest BCUT2D eigenvalue weighted by molar-refractivity contribution is -0.144. The van der Waals surface area contributed by atoms with Crippen LogP contribution < -0.4 is 5.73 Å². The zero-order valence-electron chi connectivity index (χ0n) is 12.1. The van der Waals surface area contributed by atoms with E-state index in [0.717, 1.165) is 30.4 Å². The normalized spacial score (nSPS) is 17.4. The molecule has 5 heteroatoms. The highest BCUT2D eigenvalue weighted by atomic mass is 35.5. The second kappa shape index (κ2) is 6.46. The van der Waals surface area contributed by atoms with Crippen molar-refractivity contribution in [2.75, 3.05) is 6.61 Å². The van der Waals surface area contributed by atoms with Gasteiger partial charge in [-0.15, -0.1) is 0 Å². The number of hydrogen-bond donors (Lipinski definition) is 1. The van der Waals surface area contributed by atoms with Crippen LogP contribution in [-0.4, -0.2) is 18.6 Å². The minimum atomic E-state index is -0.712. The van der Waals surface area contributed by atoms with Gasteiger partial charge in [-0.1, -0.05) is 17.7 Å². The molecule has 1 aromatic rings. The van der Waals surface area contributed by atoms with Gasteiger partial charge in [0, 0.05) is 5.02 Å². The van der Waals surface area contributed by atoms with E-state index in [9.17, 15) is 10.1 Å². The highest BCUT2D eigenvalue weighted by Gasteiger charge is 2.39. The minimum Gasteiger partial charge on any atom is -0.465 e. The van der Waals surface area contributed by atoms with Gasteiger partial charge in [-0.3, -0.25) is 4.79 Å². The number of rotatable bonds is 5. The van der Waals surface area contributed by atoms with E-state index in [4.69, 9.17) is 22.1 Å². The summed E-state index contributed by atoms with van der Waals surface area (Å²) in [4.78, 5) is 11.6. The van der Waals surface area contributed by atoms with Crippen molar-refractivity contribution >= 4 is 17.6 Å². The highest BCUT2D eigenvalue weighted by Crippen LogP contribution is 2.44. The van der Waals surface area contributed by atoms with Gasteiger partial charge in [-0.05, 0) is 55.9 Å². The quantitative estimate of drug-likeness (QED) is 0.849. The van der Waals surface area contributed by atoms with Crippen molar-refractivity contribution in [2.24, 2.45) is 5.73 Å². The van der Waals surface area contributed by atoms with Gasteiger partial charge < -0.3 is 10.5 Å². The van der Waals surface area contributed by atoms with Crippen molar-refractivity contribution in [1.82, 2.24) is 0 Å². The minimum absolute atomic E-state index is 0.310. The van der Waals surface area contributed by atoms with Crippen LogP contribution in [-0.2, 0) is 21.4 Å². The lowest BCUT2D eigenvalue weighted by Crippen LogP contribution is -2.35. The third kappa shape index (κ3) is 3.37. The van der Waals surface area contributed by atoms with Gasteiger partial charge in [-0.2, -0.15) is 5.26 Å². The first kappa shape index (κ1) is 15.8. The van der Waals surface area contributed by atoms with E-state index in [-0.39, 0.29) is 0 Å². The molecule has 2 rings (SSSR count). The molecular formula is C16H19ClN2O2. The molecule has 0 spiro atoms. The van der Waals surface area contributed by atoms with E-state index in [1.54, 1.807) is 13.0 Å². The van der Waals surface area contributed by atoms with E-state index >= 15 is 0 Å². The average Bonchev–Trinajstić information content (AvgIpc) is 2.37. The smallest absolute Gasteiger partial charge is 0.323 e. The largest absolute Gasteiger partial charge is 0.465 e. The Morgan fingerprint density at radius 1 is 1.52 bits per heavy atom. The first-order chi connectivity index (χ1) is 10.0. The number of nitrogens with two attached hydrogens (primary N) is 1. The van der Waals surface area contributed by atoms with Crippen molar-refractivity contribution < 1.29 is 9.53 Å². The molecule has 1 aliphatic rings. The summed E-state index contributed by atoms with van der Waals surface area (Å²) in [5.74, 6) is -0.419. The number of halogens is 1. The summed E-state index contributed by atoms with van der Waals surface area (Å²) in [6, 6.07) is 7.25. The fraction of sp³-hybridized carbons (Fsp3) is 0.500. The molecule has 2 N–H and O–H groups in total. The van der Waals surface area contributed by atoms with Gasteiger partial charge in [0.1, 0.15) is 6.04 Å². The van der Waals surface area contributed by atoms with Crippen LogP contribution in [0.1, 0.15) is 37.3 Å². The average molecular weight is 307 g/mol. The summed E-state index contributed by atoms with van der Waals surface area (Å²) in [7, 11) is 0. The molecule has 0 bridgehead atoms. The molecule has 1 saturated carbocycles. The monoisotopic (exact) mass is 306 g/mol. The summed E-state index contributed by atoms with van der Waals surface area (Å²) in [6.07, 6.45) is 3.12. The fourth-order valence-corrected chi connectivity index (χ4v) is 2.88. The summed E-state index contributed by atoms with van der Waals surface area (Å²) in [5.41, 5.74) is 7.20. The van der Waals surface area contributed by atoms with Crippen molar-refractivity contribution in [3.8, 4) is 6.07 Å². The van der Waals surface area contributed by atoms with E-state index in [0.29, 0.717) is 18.1 Å². The highest BCUT2D eigenvalue weighted by molar-refractivity contribution is 6.30. The molecule has 21 heavy (non-hydrogen) atoms. The Hall–Kier alpha value is -1.57. The molecule has 0 saturated heterocycles. The first-order valence-corrected chi connectivity index (χ1v) is 7.52. The molecule has 0 aromatic heterocycles. The van der Waals surface area contributed by atoms with E-state index in [1.807, 2.05) is 12.1 Å². The molecule has 4 nitrogen and oxygen atoms in total. The molecule has 0 amide bonds. The number of ether oxygens (including phenoxy) is 1. The molecule has 0 aliphatic heterocycles. The van der Waals surface area contributed by atoms with Gasteiger partial charge in [0.25, 0.3) is 0 Å². The number of benzene rings is 1. The molecule has 1 unspecified atom stereocenters. The van der Waals surface area contributed by atoms with Crippen LogP contribution in [0.2, 0.25) is 5.02 Å². The Labute approximate surface area is 129 Å². The topological polar surface area (TPSA) is 76.1 Å². The van der Waals surface area contributed by atoms with Crippen LogP contribution in [0.5, 0.6) is 0 Å². The van der Waals surface area contributed by atoms with Crippen LogP contribution in [0.4, 0.5) is 0 Å². The summed E-state index contributed by atoms with van der Waals surface area (Å²) >= 11 is 6.15. The second-order valence-electron chi connectivity index (χ2n) is 5.46. The Morgan fingerprint density at radius 3 is 2.76 bits per heavy atom. The SMILES string of the molecule is CCOC(=O)C(N)Cc1cc(Cl)cc(C2(C#N)CCC2)c1. The Morgan fingerprint density at radius 2 is 2.24 bits per heavy atom. The van der Waals surface area contributed by atoms with Crippen LogP contribution in [0.25, 0.3) is 0 Å². The summed E-state index contributed by atoms with van der Waals surface area (Å²) < 4.78 is 4.91. The lowest BCUT2D eigenvalue weighted by atomic mass is 9.65. The predicted molar refractivity (Wildman–Crippen MR) is 80.9 cm³/mol. The van der Waals surface area contributed by atoms with Gasteiger partial charge in [0.15, 0.2) is 0 Å². The lowest BCUT2D eigenvalue weighted by Gasteiger charge is -2.36. The van der Waals surface area contributed by atoms with Crippen LogP contribution in [0.15, 0.2) is 18.2 Å². The molecule has 0 radical (unpaired) electrons. The first-order valence-electron chi connectivity index (χ1n) is 7.14. The van der Waals surface area contributed by atoms with Gasteiger partial charge in [0.05, 0.1) is 18.1 Å². The van der Waals surface area contributed by atoms with Crippen molar-refractivity contribution in [3.05, 3.63) is 34.3 Å². The number of nitriles is 1. The number of nitrogens with zero attached hydrogens (tertiary/aromatic N) is 1. The number of esters is 1. The maximum Gasteiger partial charge on any atom is 0.323 e. The van der Waals surface area contributed by atoms with Crippen LogP contribution in [0, 0.1) is 11.3 Å². The predicted octanol–water partition coefficient (Wildman–Crippen LogP) is 2.72. The molecule has 112 valence electrons. The third-order valence-corrected chi connectivity index (χ3v) is 4.19. The Balaban J connectivity index is 2.20. The zero-order chi connectivity index (χ0) is 15.5. The maximum atomic E-state index is 11.6.